The summed E-state index contributed by atoms with van der Waals surface area (Å²) in [5.74, 6) is -2.51. The molecule has 248 valence electrons. The quantitative estimate of drug-likeness (QED) is 0.309. The van der Waals surface area contributed by atoms with E-state index in [1.165, 1.54) is 12.1 Å². The molecule has 1 heterocycles. The summed E-state index contributed by atoms with van der Waals surface area (Å²) in [6.45, 7) is 5.70. The fourth-order valence-corrected chi connectivity index (χ4v) is 7.86. The summed E-state index contributed by atoms with van der Waals surface area (Å²) in [7, 11) is -6.83. The predicted octanol–water partition coefficient (Wildman–Crippen LogP) is 4.92. The van der Waals surface area contributed by atoms with Crippen molar-refractivity contribution in [2.75, 3.05) is 23.7 Å². The van der Waals surface area contributed by atoms with E-state index in [1.54, 1.807) is 61.5 Å². The molecule has 2 aliphatic rings. The Labute approximate surface area is 274 Å². The van der Waals surface area contributed by atoms with E-state index in [0.717, 1.165) is 24.5 Å². The number of ether oxygens (including phenoxy) is 1. The normalized spacial score (nSPS) is 20.0. The van der Waals surface area contributed by atoms with Crippen LogP contribution in [0.25, 0.3) is 0 Å². The zero-order valence-electron chi connectivity index (χ0n) is 26.6. The summed E-state index contributed by atoms with van der Waals surface area (Å²) in [4.78, 5) is 40.0. The fraction of sp³-hybridized carbons (Fsp3) is 0.333. The molecule has 2 atom stereocenters. The highest BCUT2D eigenvalue weighted by Crippen LogP contribution is 2.43. The van der Waals surface area contributed by atoms with Crippen LogP contribution < -0.4 is 9.62 Å². The Hall–Kier alpha value is -4.56. The number of amides is 1. The standard InChI is InChI=1S/C33H36N4O8S2/c1-21(2)17-18-33(3)25-14-10-9-13-24(25)29(38)28(30(33)39)31-34-26-16-15-23(19-27(26)46(41,42)35-31)36(4)47(43,44)37(5)32(40)45-20-22-11-7-6-8-12-22/h6-16,19,21,28H,17-18,20H2,1-5H3,(H,34,35). The molecule has 1 aliphatic heterocycles. The lowest BCUT2D eigenvalue weighted by molar-refractivity contribution is -0.125. The summed E-state index contributed by atoms with van der Waals surface area (Å²) in [5, 5.41) is 2.87. The Morgan fingerprint density at radius 2 is 1.68 bits per heavy atom. The van der Waals surface area contributed by atoms with Gasteiger partial charge in [-0.3, -0.25) is 13.9 Å². The van der Waals surface area contributed by atoms with Crippen molar-refractivity contribution in [2.45, 2.75) is 50.5 Å². The Morgan fingerprint density at radius 3 is 2.36 bits per heavy atom. The number of nitrogens with zero attached hydrogens (tertiary/aromatic N) is 3. The van der Waals surface area contributed by atoms with Crippen LogP contribution in [0.3, 0.4) is 0 Å². The first-order valence-electron chi connectivity index (χ1n) is 15.0. The number of fused-ring (bicyclic) bond motifs is 2. The molecule has 47 heavy (non-hydrogen) atoms. The van der Waals surface area contributed by atoms with E-state index < -0.39 is 49.2 Å². The third kappa shape index (κ3) is 6.26. The fourth-order valence-electron chi connectivity index (χ4n) is 5.70. The Balaban J connectivity index is 1.42. The summed E-state index contributed by atoms with van der Waals surface area (Å²) in [5.41, 5.74) is 0.481. The van der Waals surface area contributed by atoms with Crippen LogP contribution in [0, 0.1) is 11.8 Å². The predicted molar refractivity (Wildman–Crippen MR) is 177 cm³/mol. The monoisotopic (exact) mass is 680 g/mol. The van der Waals surface area contributed by atoms with Crippen LogP contribution in [0.15, 0.2) is 82.1 Å². The van der Waals surface area contributed by atoms with Gasteiger partial charge in [0.1, 0.15) is 23.3 Å². The number of benzene rings is 3. The molecule has 5 rings (SSSR count). The summed E-state index contributed by atoms with van der Waals surface area (Å²) >= 11 is 0. The van der Waals surface area contributed by atoms with Crippen molar-refractivity contribution in [3.05, 3.63) is 89.5 Å². The number of anilines is 2. The van der Waals surface area contributed by atoms with Gasteiger partial charge in [0, 0.05) is 19.7 Å². The molecule has 14 heteroatoms. The van der Waals surface area contributed by atoms with Gasteiger partial charge >= 0.3 is 16.3 Å². The maximum atomic E-state index is 14.1. The molecule has 0 saturated carbocycles. The zero-order valence-corrected chi connectivity index (χ0v) is 28.3. The van der Waals surface area contributed by atoms with Gasteiger partial charge in [0.15, 0.2) is 11.6 Å². The highest BCUT2D eigenvalue weighted by molar-refractivity contribution is 7.91. The van der Waals surface area contributed by atoms with Crippen LogP contribution in [-0.2, 0) is 41.8 Å². The molecular weight excluding hydrogens is 645 g/mol. The Kier molecular flexibility index (Phi) is 9.03. The van der Waals surface area contributed by atoms with Crippen LogP contribution in [0.1, 0.15) is 55.1 Å². The molecule has 2 unspecified atom stereocenters. The number of hydrogen-bond acceptors (Lipinski definition) is 9. The maximum absolute atomic E-state index is 14.1. The average molecular weight is 681 g/mol. The molecule has 0 bridgehead atoms. The van der Waals surface area contributed by atoms with Crippen molar-refractivity contribution in [1.29, 1.82) is 0 Å². The molecule has 0 saturated heterocycles. The lowest BCUT2D eigenvalue weighted by Crippen LogP contribution is -2.51. The van der Waals surface area contributed by atoms with Crippen LogP contribution >= 0.6 is 0 Å². The number of sulfonamides is 1. The Bertz CT molecular complexity index is 2000. The molecular formula is C33H36N4O8S2. The van der Waals surface area contributed by atoms with Crippen LogP contribution in [0.5, 0.6) is 0 Å². The van der Waals surface area contributed by atoms with Crippen LogP contribution in [-0.4, -0.2) is 58.7 Å². The van der Waals surface area contributed by atoms with E-state index in [-0.39, 0.29) is 34.6 Å². The first-order chi connectivity index (χ1) is 22.1. The lowest BCUT2D eigenvalue weighted by atomic mass is 9.63. The topological polar surface area (TPSA) is 160 Å². The van der Waals surface area contributed by atoms with E-state index in [9.17, 15) is 31.2 Å². The minimum absolute atomic E-state index is 0.0171. The first-order valence-corrected chi connectivity index (χ1v) is 17.8. The molecule has 0 spiro atoms. The van der Waals surface area contributed by atoms with E-state index in [4.69, 9.17) is 4.74 Å². The van der Waals surface area contributed by atoms with Gasteiger partial charge in [-0.25, -0.2) is 4.79 Å². The third-order valence-corrected chi connectivity index (χ3v) is 11.7. The second-order valence-electron chi connectivity index (χ2n) is 12.2. The summed E-state index contributed by atoms with van der Waals surface area (Å²) in [6, 6.07) is 19.3. The minimum Gasteiger partial charge on any atom is -0.444 e. The smallest absolute Gasteiger partial charge is 0.425 e. The highest BCUT2D eigenvalue weighted by Gasteiger charge is 2.51. The number of carbonyl (C=O) groups excluding carboxylic acids is 3. The number of amidine groups is 1. The SMILES string of the molecule is CC(C)CCC1(C)C(=O)C(C2=NS(=O)(=O)c3cc(N(C)S(=O)(=O)N(C)C(=O)OCc4ccccc4)ccc3N2)C(=O)c2ccccc21. The third-order valence-electron chi connectivity index (χ3n) is 8.59. The van der Waals surface area contributed by atoms with Gasteiger partial charge in [0.2, 0.25) is 0 Å². The van der Waals surface area contributed by atoms with Crippen molar-refractivity contribution in [3.8, 4) is 0 Å². The summed E-state index contributed by atoms with van der Waals surface area (Å²) < 4.78 is 63.8. The van der Waals surface area contributed by atoms with E-state index in [2.05, 4.69) is 9.71 Å². The largest absolute Gasteiger partial charge is 0.444 e. The van der Waals surface area contributed by atoms with E-state index >= 15 is 0 Å². The number of carbonyl (C=O) groups is 3. The van der Waals surface area contributed by atoms with Crippen LogP contribution in [0.2, 0.25) is 0 Å². The number of nitrogens with one attached hydrogen (secondary N) is 1. The molecule has 12 nitrogen and oxygen atoms in total. The number of rotatable bonds is 9. The van der Waals surface area contributed by atoms with Gasteiger partial charge in [0.05, 0.1) is 16.8 Å². The molecule has 0 aromatic heterocycles. The van der Waals surface area contributed by atoms with Gasteiger partial charge in [-0.1, -0.05) is 68.4 Å². The second-order valence-corrected chi connectivity index (χ2v) is 15.8. The van der Waals surface area contributed by atoms with Crippen molar-refractivity contribution in [2.24, 2.45) is 16.2 Å². The van der Waals surface area contributed by atoms with Crippen LogP contribution in [0.4, 0.5) is 16.2 Å². The lowest BCUT2D eigenvalue weighted by Gasteiger charge is -2.39. The average Bonchev–Trinajstić information content (AvgIpc) is 3.05. The van der Waals surface area contributed by atoms with Crippen molar-refractivity contribution in [1.82, 2.24) is 4.31 Å². The van der Waals surface area contributed by atoms with E-state index in [0.29, 0.717) is 33.8 Å². The van der Waals surface area contributed by atoms with E-state index in [1.807, 2.05) is 13.8 Å². The molecule has 1 amide bonds. The van der Waals surface area contributed by atoms with Gasteiger partial charge in [-0.15, -0.1) is 4.40 Å². The molecule has 1 N–H and O–H groups in total. The molecule has 1 aliphatic carbocycles. The molecule has 0 radical (unpaired) electrons. The number of ketones is 2. The number of hydrogen-bond donors (Lipinski definition) is 1. The maximum Gasteiger partial charge on any atom is 0.425 e. The Morgan fingerprint density at radius 1 is 1.02 bits per heavy atom. The van der Waals surface area contributed by atoms with Crippen molar-refractivity contribution < 1.29 is 36.0 Å². The first kappa shape index (κ1) is 33.8. The van der Waals surface area contributed by atoms with Gasteiger partial charge in [0.25, 0.3) is 10.0 Å². The van der Waals surface area contributed by atoms with Crippen molar-refractivity contribution in [3.63, 3.8) is 0 Å². The molecule has 0 fully saturated rings. The van der Waals surface area contributed by atoms with Gasteiger partial charge in [-0.2, -0.15) is 21.1 Å². The van der Waals surface area contributed by atoms with Gasteiger partial charge < -0.3 is 10.1 Å². The second kappa shape index (κ2) is 12.6. The molecule has 3 aromatic carbocycles. The highest BCUT2D eigenvalue weighted by atomic mass is 32.2. The zero-order chi connectivity index (χ0) is 34.3. The number of Topliss-reactive ketones (excluding diaryl/α,β-unsaturated/α-hetero) is 2. The van der Waals surface area contributed by atoms with Crippen molar-refractivity contribution >= 4 is 55.1 Å². The van der Waals surface area contributed by atoms with Gasteiger partial charge in [-0.05, 0) is 55.0 Å². The minimum atomic E-state index is -4.51. The summed E-state index contributed by atoms with van der Waals surface area (Å²) in [6.07, 6.45) is 0.0303. The molecule has 3 aromatic rings.